The molecule has 24 heavy (non-hydrogen) atoms. The molecule has 0 amide bonds. The second-order valence-electron chi connectivity index (χ2n) is 6.54. The Morgan fingerprint density at radius 3 is 2.46 bits per heavy atom. The fraction of sp³-hybridized carbons (Fsp3) is 0.500. The third-order valence-corrected chi connectivity index (χ3v) is 6.30. The van der Waals surface area contributed by atoms with E-state index in [2.05, 4.69) is 15.9 Å². The van der Waals surface area contributed by atoms with E-state index < -0.39 is 11.6 Å². The molecule has 5 nitrogen and oxygen atoms in total. The predicted octanol–water partition coefficient (Wildman–Crippen LogP) is 3.60. The Morgan fingerprint density at radius 2 is 1.88 bits per heavy atom. The summed E-state index contributed by atoms with van der Waals surface area (Å²) < 4.78 is 6.63. The second-order valence-corrected chi connectivity index (χ2v) is 7.34. The van der Waals surface area contributed by atoms with E-state index in [1.807, 2.05) is 31.9 Å². The van der Waals surface area contributed by atoms with Gasteiger partial charge in [-0.05, 0) is 43.0 Å². The van der Waals surface area contributed by atoms with Crippen molar-refractivity contribution in [2.45, 2.75) is 39.2 Å². The predicted molar refractivity (Wildman–Crippen MR) is 94.5 cm³/mol. The van der Waals surface area contributed by atoms with Gasteiger partial charge in [-0.3, -0.25) is 0 Å². The quantitative estimate of drug-likeness (QED) is 0.775. The lowest BCUT2D eigenvalue weighted by molar-refractivity contribution is -0.182. The molecule has 1 fully saturated rings. The smallest absolute Gasteiger partial charge is 0.343 e. The standard InChI is InChI=1S/C18H22BrNO4/c1-10-9-11(2)15(19)12(3)13(10)14-16(21)18(24-17(14)22)5-7-20(23-4)8-6-18/h9,21H,5-8H2,1-4H3. The lowest BCUT2D eigenvalue weighted by Gasteiger charge is -2.36. The minimum atomic E-state index is -0.919. The minimum Gasteiger partial charge on any atom is -0.507 e. The number of hydroxylamine groups is 2. The van der Waals surface area contributed by atoms with Gasteiger partial charge in [-0.1, -0.05) is 22.0 Å². The summed E-state index contributed by atoms with van der Waals surface area (Å²) in [5.74, 6) is -0.384. The largest absolute Gasteiger partial charge is 0.507 e. The molecule has 1 aromatic carbocycles. The number of aliphatic hydroxyl groups is 1. The number of halogens is 1. The lowest BCUT2D eigenvalue weighted by atomic mass is 9.86. The maximum Gasteiger partial charge on any atom is 0.343 e. The van der Waals surface area contributed by atoms with Gasteiger partial charge in [0.05, 0.1) is 7.11 Å². The van der Waals surface area contributed by atoms with Crippen LogP contribution in [0.1, 0.15) is 35.1 Å². The van der Waals surface area contributed by atoms with Crippen molar-refractivity contribution in [3.05, 3.63) is 38.6 Å². The minimum absolute atomic E-state index is 0.0604. The fourth-order valence-electron chi connectivity index (χ4n) is 3.74. The molecule has 1 N–H and O–H groups in total. The maximum absolute atomic E-state index is 12.6. The van der Waals surface area contributed by atoms with Crippen LogP contribution in [0.2, 0.25) is 0 Å². The molecule has 6 heteroatoms. The number of nitrogens with zero attached hydrogens (tertiary/aromatic N) is 1. The number of ether oxygens (including phenoxy) is 1. The van der Waals surface area contributed by atoms with Gasteiger partial charge < -0.3 is 14.7 Å². The van der Waals surface area contributed by atoms with Crippen molar-refractivity contribution in [3.63, 3.8) is 0 Å². The first-order chi connectivity index (χ1) is 11.3. The van der Waals surface area contributed by atoms with E-state index in [9.17, 15) is 9.90 Å². The molecule has 130 valence electrons. The molecule has 0 unspecified atom stereocenters. The molecule has 2 aliphatic rings. The highest BCUT2D eigenvalue weighted by Gasteiger charge is 2.50. The van der Waals surface area contributed by atoms with Crippen LogP contribution in [0.5, 0.6) is 0 Å². The summed E-state index contributed by atoms with van der Waals surface area (Å²) in [5.41, 5.74) is 3.15. The Labute approximate surface area is 150 Å². The monoisotopic (exact) mass is 395 g/mol. The number of piperidine rings is 1. The summed E-state index contributed by atoms with van der Waals surface area (Å²) >= 11 is 3.58. The SMILES string of the molecule is CON1CCC2(CC1)OC(=O)C(c1c(C)cc(C)c(Br)c1C)=C2O. The number of esters is 1. The Morgan fingerprint density at radius 1 is 1.25 bits per heavy atom. The van der Waals surface area contributed by atoms with Crippen molar-refractivity contribution in [1.29, 1.82) is 0 Å². The molecule has 2 heterocycles. The van der Waals surface area contributed by atoms with E-state index >= 15 is 0 Å². The van der Waals surface area contributed by atoms with Crippen LogP contribution in [0.25, 0.3) is 5.57 Å². The molecule has 0 bridgehead atoms. The highest BCUT2D eigenvalue weighted by Crippen LogP contribution is 2.45. The molecule has 1 saturated heterocycles. The molecule has 2 aliphatic heterocycles. The average molecular weight is 396 g/mol. The van der Waals surface area contributed by atoms with Gasteiger partial charge in [-0.25, -0.2) is 4.79 Å². The molecule has 0 aromatic heterocycles. The molecule has 3 rings (SSSR count). The first-order valence-corrected chi connectivity index (χ1v) is 8.83. The van der Waals surface area contributed by atoms with Gasteiger partial charge in [-0.2, -0.15) is 5.06 Å². The van der Waals surface area contributed by atoms with Gasteiger partial charge in [0.15, 0.2) is 11.4 Å². The van der Waals surface area contributed by atoms with Crippen molar-refractivity contribution in [1.82, 2.24) is 5.06 Å². The molecule has 0 aliphatic carbocycles. The van der Waals surface area contributed by atoms with Crippen LogP contribution in [0.15, 0.2) is 16.3 Å². The molecule has 0 saturated carbocycles. The van der Waals surface area contributed by atoms with Crippen LogP contribution in [0.3, 0.4) is 0 Å². The first kappa shape index (κ1) is 17.5. The van der Waals surface area contributed by atoms with E-state index in [-0.39, 0.29) is 5.76 Å². The van der Waals surface area contributed by atoms with Crippen molar-refractivity contribution in [2.75, 3.05) is 20.2 Å². The van der Waals surface area contributed by atoms with E-state index in [0.29, 0.717) is 31.5 Å². The van der Waals surface area contributed by atoms with Crippen molar-refractivity contribution in [2.24, 2.45) is 0 Å². The van der Waals surface area contributed by atoms with Gasteiger partial charge in [0.2, 0.25) is 0 Å². The summed E-state index contributed by atoms with van der Waals surface area (Å²) in [5, 5.41) is 12.7. The Balaban J connectivity index is 2.09. The van der Waals surface area contributed by atoms with Crippen molar-refractivity contribution < 1.29 is 19.5 Å². The van der Waals surface area contributed by atoms with Crippen molar-refractivity contribution in [3.8, 4) is 0 Å². The summed E-state index contributed by atoms with van der Waals surface area (Å²) in [6.45, 7) is 7.13. The molecule has 0 radical (unpaired) electrons. The normalized spacial score (nSPS) is 20.8. The third kappa shape index (κ3) is 2.57. The van der Waals surface area contributed by atoms with Gasteiger partial charge >= 0.3 is 5.97 Å². The topological polar surface area (TPSA) is 59.0 Å². The zero-order valence-electron chi connectivity index (χ0n) is 14.4. The molecule has 1 spiro atoms. The Bertz CT molecular complexity index is 733. The van der Waals surface area contributed by atoms with Crippen LogP contribution in [0, 0.1) is 20.8 Å². The number of carbonyl (C=O) groups is 1. The van der Waals surface area contributed by atoms with Crippen LogP contribution >= 0.6 is 15.9 Å². The van der Waals surface area contributed by atoms with Crippen LogP contribution in [-0.4, -0.2) is 41.9 Å². The van der Waals surface area contributed by atoms with Gasteiger partial charge in [-0.15, -0.1) is 0 Å². The van der Waals surface area contributed by atoms with Crippen LogP contribution in [0.4, 0.5) is 0 Å². The average Bonchev–Trinajstić information content (AvgIpc) is 2.78. The van der Waals surface area contributed by atoms with E-state index in [0.717, 1.165) is 26.7 Å². The van der Waals surface area contributed by atoms with Gasteiger partial charge in [0.25, 0.3) is 0 Å². The summed E-state index contributed by atoms with van der Waals surface area (Å²) in [4.78, 5) is 17.8. The number of carbonyl (C=O) groups excluding carboxylic acids is 1. The van der Waals surface area contributed by atoms with Gasteiger partial charge in [0, 0.05) is 30.4 Å². The number of aliphatic hydroxyl groups excluding tert-OH is 1. The molecular weight excluding hydrogens is 374 g/mol. The number of hydrogen-bond donors (Lipinski definition) is 1. The first-order valence-electron chi connectivity index (χ1n) is 8.03. The lowest BCUT2D eigenvalue weighted by Crippen LogP contribution is -2.45. The number of hydrogen-bond acceptors (Lipinski definition) is 5. The summed E-state index contributed by atoms with van der Waals surface area (Å²) in [6, 6.07) is 2.01. The maximum atomic E-state index is 12.6. The Kier molecular flexibility index (Phi) is 4.49. The van der Waals surface area contributed by atoms with E-state index in [1.54, 1.807) is 7.11 Å². The second kappa shape index (κ2) is 6.17. The van der Waals surface area contributed by atoms with Crippen LogP contribution < -0.4 is 0 Å². The summed E-state index contributed by atoms with van der Waals surface area (Å²) in [7, 11) is 1.62. The number of benzene rings is 1. The fourth-order valence-corrected chi connectivity index (χ4v) is 4.05. The van der Waals surface area contributed by atoms with Gasteiger partial charge in [0.1, 0.15) is 5.57 Å². The summed E-state index contributed by atoms with van der Waals surface area (Å²) in [6.07, 6.45) is 1.04. The number of aryl methyl sites for hydroxylation is 2. The highest BCUT2D eigenvalue weighted by molar-refractivity contribution is 9.10. The van der Waals surface area contributed by atoms with E-state index in [4.69, 9.17) is 9.57 Å². The third-order valence-electron chi connectivity index (χ3n) is 5.08. The molecular formula is C18H22BrNO4. The number of rotatable bonds is 2. The molecule has 0 atom stereocenters. The van der Waals surface area contributed by atoms with E-state index in [1.165, 1.54) is 0 Å². The zero-order valence-corrected chi connectivity index (χ0v) is 16.0. The highest BCUT2D eigenvalue weighted by atomic mass is 79.9. The molecule has 1 aromatic rings. The Hall–Kier alpha value is -1.37. The zero-order chi connectivity index (χ0) is 17.6. The van der Waals surface area contributed by atoms with Crippen molar-refractivity contribution >= 4 is 27.5 Å². The van der Waals surface area contributed by atoms with Crippen LogP contribution in [-0.2, 0) is 14.4 Å².